The van der Waals surface area contributed by atoms with Crippen LogP contribution < -0.4 is 0 Å². The van der Waals surface area contributed by atoms with E-state index in [0.29, 0.717) is 0 Å². The summed E-state index contributed by atoms with van der Waals surface area (Å²) in [6, 6.07) is 28.5. The van der Waals surface area contributed by atoms with E-state index in [1.54, 1.807) is 0 Å². The van der Waals surface area contributed by atoms with Gasteiger partial charge < -0.3 is 9.55 Å². The fourth-order valence-corrected chi connectivity index (χ4v) is 3.37. The number of hydrogen-bond donors (Lipinski definition) is 0. The molecule has 0 N–H and O–H groups in total. The quantitative estimate of drug-likeness (QED) is 0.301. The van der Waals surface area contributed by atoms with Crippen molar-refractivity contribution >= 4 is 32.7 Å². The molecule has 0 unspecified atom stereocenters. The summed E-state index contributed by atoms with van der Waals surface area (Å²) in [5, 5.41) is 3.54. The fraction of sp³-hybridized carbons (Fsp3) is 0. The summed E-state index contributed by atoms with van der Waals surface area (Å²) in [4.78, 5) is 4.58. The molecular formula is C21H13IrN2-. The third-order valence-corrected chi connectivity index (χ3v) is 4.35. The van der Waals surface area contributed by atoms with Crippen LogP contribution in [0.4, 0.5) is 0 Å². The molecule has 0 amide bonds. The number of hydrogen-bond acceptors (Lipinski definition) is 1. The number of rotatable bonds is 1. The van der Waals surface area contributed by atoms with Gasteiger partial charge in [-0.05, 0) is 29.1 Å². The van der Waals surface area contributed by atoms with Crippen LogP contribution >= 0.6 is 0 Å². The van der Waals surface area contributed by atoms with Crippen LogP contribution in [-0.2, 0) is 20.1 Å². The predicted octanol–water partition coefficient (Wildman–Crippen LogP) is 5.13. The van der Waals surface area contributed by atoms with Crippen LogP contribution in [0, 0.1) is 6.07 Å². The SMILES string of the molecule is [Ir].[c-]1cccc2c1c1ncccc1n2-c1cccc2ccccc12. The molecular weight excluding hydrogens is 472 g/mol. The zero-order valence-corrected chi connectivity index (χ0v) is 15.1. The van der Waals surface area contributed by atoms with E-state index in [1.807, 2.05) is 24.4 Å². The second-order valence-electron chi connectivity index (χ2n) is 5.64. The standard InChI is InChI=1S/C21H13N2.Ir/c1-2-9-16-15(7-1)8-5-12-18(16)23-19-11-4-3-10-17(19)21-20(23)13-6-14-22-21;/h1-9,11-14H;/q-1;. The van der Waals surface area contributed by atoms with E-state index in [-0.39, 0.29) is 20.1 Å². The maximum absolute atomic E-state index is 4.58. The van der Waals surface area contributed by atoms with Crippen LogP contribution in [-0.4, -0.2) is 9.55 Å². The van der Waals surface area contributed by atoms with Crippen molar-refractivity contribution in [3.63, 3.8) is 0 Å². The molecule has 0 spiro atoms. The van der Waals surface area contributed by atoms with E-state index in [9.17, 15) is 0 Å². The van der Waals surface area contributed by atoms with Crippen LogP contribution in [0.25, 0.3) is 38.4 Å². The van der Waals surface area contributed by atoms with Crippen LogP contribution in [0.15, 0.2) is 79.0 Å². The second kappa shape index (κ2) is 5.86. The predicted molar refractivity (Wildman–Crippen MR) is 94.9 cm³/mol. The Hall–Kier alpha value is -2.48. The van der Waals surface area contributed by atoms with E-state index < -0.39 is 0 Å². The van der Waals surface area contributed by atoms with Crippen molar-refractivity contribution in [1.82, 2.24) is 9.55 Å². The van der Waals surface area contributed by atoms with E-state index in [4.69, 9.17) is 0 Å². The Bertz CT molecular complexity index is 1120. The molecule has 5 aromatic rings. The maximum Gasteiger partial charge on any atom is 0.0445 e. The Morgan fingerprint density at radius 3 is 2.58 bits per heavy atom. The van der Waals surface area contributed by atoms with Crippen molar-refractivity contribution in [2.75, 3.05) is 0 Å². The van der Waals surface area contributed by atoms with Gasteiger partial charge in [-0.2, -0.15) is 0 Å². The first-order chi connectivity index (χ1) is 11.4. The Balaban J connectivity index is 0.00000146. The molecule has 0 aliphatic heterocycles. The van der Waals surface area contributed by atoms with Gasteiger partial charge in [-0.25, -0.2) is 0 Å². The molecule has 1 radical (unpaired) electrons. The molecule has 24 heavy (non-hydrogen) atoms. The van der Waals surface area contributed by atoms with Crippen molar-refractivity contribution in [2.45, 2.75) is 0 Å². The third-order valence-electron chi connectivity index (χ3n) is 4.35. The zero-order valence-electron chi connectivity index (χ0n) is 12.7. The van der Waals surface area contributed by atoms with Gasteiger partial charge >= 0.3 is 0 Å². The van der Waals surface area contributed by atoms with Crippen molar-refractivity contribution in [1.29, 1.82) is 0 Å². The van der Waals surface area contributed by atoms with Crippen LogP contribution in [0.1, 0.15) is 0 Å². The molecule has 2 heterocycles. The van der Waals surface area contributed by atoms with Gasteiger partial charge in [0.2, 0.25) is 0 Å². The van der Waals surface area contributed by atoms with Gasteiger partial charge in [0.25, 0.3) is 0 Å². The van der Waals surface area contributed by atoms with E-state index in [2.05, 4.69) is 70.2 Å². The molecule has 0 aliphatic rings. The largest absolute Gasteiger partial charge is 0.357 e. The number of aromatic nitrogens is 2. The van der Waals surface area contributed by atoms with Gasteiger partial charge in [0.15, 0.2) is 0 Å². The summed E-state index contributed by atoms with van der Waals surface area (Å²) in [5.41, 5.74) is 4.42. The first-order valence-electron chi connectivity index (χ1n) is 7.67. The minimum Gasteiger partial charge on any atom is -0.357 e. The van der Waals surface area contributed by atoms with Crippen molar-refractivity contribution < 1.29 is 20.1 Å². The topological polar surface area (TPSA) is 17.8 Å². The summed E-state index contributed by atoms with van der Waals surface area (Å²) in [6.45, 7) is 0. The van der Waals surface area contributed by atoms with Gasteiger partial charge in [-0.1, -0.05) is 41.8 Å². The Labute approximate surface area is 153 Å². The van der Waals surface area contributed by atoms with Gasteiger partial charge in [0, 0.05) is 48.4 Å². The summed E-state index contributed by atoms with van der Waals surface area (Å²) in [7, 11) is 0. The fourth-order valence-electron chi connectivity index (χ4n) is 3.37. The molecule has 0 aliphatic carbocycles. The molecule has 3 heteroatoms. The first-order valence-corrected chi connectivity index (χ1v) is 7.67. The number of benzene rings is 3. The minimum atomic E-state index is 0. The molecule has 0 atom stereocenters. The summed E-state index contributed by atoms with van der Waals surface area (Å²) in [5.74, 6) is 0. The molecule has 0 saturated carbocycles. The van der Waals surface area contributed by atoms with Crippen molar-refractivity contribution in [3.05, 3.63) is 85.1 Å². The van der Waals surface area contributed by atoms with Gasteiger partial charge in [-0.3, -0.25) is 0 Å². The van der Waals surface area contributed by atoms with Crippen LogP contribution in [0.5, 0.6) is 0 Å². The molecule has 0 fully saturated rings. The number of fused-ring (bicyclic) bond motifs is 4. The summed E-state index contributed by atoms with van der Waals surface area (Å²) < 4.78 is 2.29. The van der Waals surface area contributed by atoms with Gasteiger partial charge in [0.1, 0.15) is 0 Å². The third kappa shape index (κ3) is 2.10. The summed E-state index contributed by atoms with van der Waals surface area (Å²) in [6.07, 6.45) is 1.84. The first kappa shape index (κ1) is 15.1. The maximum atomic E-state index is 4.58. The number of nitrogens with zero attached hydrogens (tertiary/aromatic N) is 2. The van der Waals surface area contributed by atoms with E-state index >= 15 is 0 Å². The molecule has 5 rings (SSSR count). The Morgan fingerprint density at radius 1 is 0.792 bits per heavy atom. The van der Waals surface area contributed by atoms with Crippen LogP contribution in [0.2, 0.25) is 0 Å². The average Bonchev–Trinajstić information content (AvgIpc) is 2.96. The van der Waals surface area contributed by atoms with Gasteiger partial charge in [0.05, 0.1) is 0 Å². The Kier molecular flexibility index (Phi) is 3.68. The molecule has 2 aromatic heterocycles. The summed E-state index contributed by atoms with van der Waals surface area (Å²) >= 11 is 0. The smallest absolute Gasteiger partial charge is 0.0445 e. The number of pyridine rings is 1. The van der Waals surface area contributed by atoms with E-state index in [1.165, 1.54) is 16.5 Å². The minimum absolute atomic E-state index is 0. The Morgan fingerprint density at radius 2 is 1.62 bits per heavy atom. The molecule has 0 saturated heterocycles. The van der Waals surface area contributed by atoms with Gasteiger partial charge in [-0.15, -0.1) is 24.3 Å². The monoisotopic (exact) mass is 486 g/mol. The van der Waals surface area contributed by atoms with Crippen molar-refractivity contribution in [2.24, 2.45) is 0 Å². The molecule has 2 nitrogen and oxygen atoms in total. The second-order valence-corrected chi connectivity index (χ2v) is 5.64. The average molecular weight is 486 g/mol. The normalized spacial score (nSPS) is 11.0. The molecule has 0 bridgehead atoms. The van der Waals surface area contributed by atoms with Crippen LogP contribution in [0.3, 0.4) is 0 Å². The molecule has 3 aromatic carbocycles. The molecule has 117 valence electrons. The zero-order chi connectivity index (χ0) is 15.2. The van der Waals surface area contributed by atoms with Crippen molar-refractivity contribution in [3.8, 4) is 5.69 Å². The van der Waals surface area contributed by atoms with E-state index in [0.717, 1.165) is 21.9 Å².